The van der Waals surface area contributed by atoms with E-state index in [-0.39, 0.29) is 37.7 Å². The van der Waals surface area contributed by atoms with Crippen molar-refractivity contribution >= 4 is 49.7 Å². The van der Waals surface area contributed by atoms with Gasteiger partial charge in [-0.1, -0.05) is 13.8 Å². The average Bonchev–Trinajstić information content (AvgIpc) is 2.33. The zero-order valence-electron chi connectivity index (χ0n) is 6.99. The van der Waals surface area contributed by atoms with Crippen LogP contribution < -0.4 is 10.2 Å². The fourth-order valence-corrected chi connectivity index (χ4v) is 1.52. The number of carboxylic acids is 2. The van der Waals surface area contributed by atoms with Gasteiger partial charge in [-0.15, -0.1) is 0 Å². The van der Waals surface area contributed by atoms with E-state index < -0.39 is 29.2 Å². The molecule has 0 aromatic carbocycles. The van der Waals surface area contributed by atoms with Gasteiger partial charge in [0.1, 0.15) is 0 Å². The summed E-state index contributed by atoms with van der Waals surface area (Å²) in [5, 5.41) is 20.6. The van der Waals surface area contributed by atoms with Crippen LogP contribution in [0.25, 0.3) is 0 Å². The summed E-state index contributed by atoms with van der Waals surface area (Å²) >= 11 is 0. The predicted molar refractivity (Wildman–Crippen MR) is 36.5 cm³/mol. The molecule has 0 amide bonds. The summed E-state index contributed by atoms with van der Waals surface area (Å²) in [6.07, 6.45) is 0. The summed E-state index contributed by atoms with van der Waals surface area (Å²) < 4.78 is 0. The SMILES string of the molecule is CC1(C)C(C(=O)[O-])C1C(=O)[O-].[Ca+2]. The second-order valence-corrected chi connectivity index (χ2v) is 3.41. The van der Waals surface area contributed by atoms with Crippen molar-refractivity contribution in [2.24, 2.45) is 17.3 Å². The Labute approximate surface area is 100.0 Å². The van der Waals surface area contributed by atoms with E-state index in [1.165, 1.54) is 0 Å². The molecule has 1 fully saturated rings. The molecule has 0 N–H and O–H groups in total. The van der Waals surface area contributed by atoms with E-state index in [9.17, 15) is 19.8 Å². The molecule has 2 unspecified atom stereocenters. The summed E-state index contributed by atoms with van der Waals surface area (Å²) in [6.45, 7) is 3.15. The molecule has 1 aliphatic carbocycles. The van der Waals surface area contributed by atoms with Crippen LogP contribution in [0.4, 0.5) is 0 Å². The molecule has 4 nitrogen and oxygen atoms in total. The Balaban J connectivity index is 0.00000121. The second kappa shape index (κ2) is 3.52. The van der Waals surface area contributed by atoms with E-state index in [4.69, 9.17) is 0 Å². The van der Waals surface area contributed by atoms with E-state index >= 15 is 0 Å². The molecule has 0 radical (unpaired) electrons. The normalized spacial score (nSPS) is 30.2. The van der Waals surface area contributed by atoms with Crippen molar-refractivity contribution in [1.82, 2.24) is 0 Å². The van der Waals surface area contributed by atoms with E-state index in [1.54, 1.807) is 13.8 Å². The zero-order valence-corrected chi connectivity index (χ0v) is 9.20. The molecule has 0 bridgehead atoms. The number of hydrogen-bond donors (Lipinski definition) is 0. The topological polar surface area (TPSA) is 80.3 Å². The number of aliphatic carboxylic acids is 2. The second-order valence-electron chi connectivity index (χ2n) is 3.41. The molecule has 0 aliphatic heterocycles. The van der Waals surface area contributed by atoms with Crippen molar-refractivity contribution < 1.29 is 19.8 Å². The molecule has 0 saturated heterocycles. The largest absolute Gasteiger partial charge is 2.00 e. The molecule has 62 valence electrons. The Morgan fingerprint density at radius 1 is 1.08 bits per heavy atom. The number of rotatable bonds is 2. The maximum absolute atomic E-state index is 10.3. The van der Waals surface area contributed by atoms with Gasteiger partial charge in [0.25, 0.3) is 0 Å². The Hall–Kier alpha value is 0.200. The van der Waals surface area contributed by atoms with Crippen molar-refractivity contribution in [3.63, 3.8) is 0 Å². The van der Waals surface area contributed by atoms with Crippen LogP contribution in [0.3, 0.4) is 0 Å². The van der Waals surface area contributed by atoms with Crippen LogP contribution in [0.5, 0.6) is 0 Å². The summed E-state index contributed by atoms with van der Waals surface area (Å²) in [6, 6.07) is 0. The molecule has 1 aliphatic rings. The van der Waals surface area contributed by atoms with Gasteiger partial charge in [0.15, 0.2) is 0 Å². The maximum atomic E-state index is 10.3. The van der Waals surface area contributed by atoms with Gasteiger partial charge in [-0.05, 0) is 5.41 Å². The van der Waals surface area contributed by atoms with Crippen molar-refractivity contribution in [3.8, 4) is 0 Å². The van der Waals surface area contributed by atoms with E-state index in [0.717, 1.165) is 0 Å². The first-order valence-corrected chi connectivity index (χ1v) is 3.30. The van der Waals surface area contributed by atoms with Crippen LogP contribution in [0.2, 0.25) is 0 Å². The third kappa shape index (κ3) is 1.75. The number of carboxylic acid groups (broad SMARTS) is 2. The summed E-state index contributed by atoms with van der Waals surface area (Å²) in [5.74, 6) is -4.37. The first-order chi connectivity index (χ1) is 4.89. The van der Waals surface area contributed by atoms with Crippen LogP contribution in [0.15, 0.2) is 0 Å². The van der Waals surface area contributed by atoms with Gasteiger partial charge in [-0.3, -0.25) is 0 Å². The van der Waals surface area contributed by atoms with Crippen molar-refractivity contribution in [2.45, 2.75) is 13.8 Å². The molecule has 0 heterocycles. The van der Waals surface area contributed by atoms with Gasteiger partial charge in [0.05, 0.1) is 0 Å². The van der Waals surface area contributed by atoms with Crippen molar-refractivity contribution in [1.29, 1.82) is 0 Å². The van der Waals surface area contributed by atoms with Crippen LogP contribution in [-0.4, -0.2) is 49.7 Å². The summed E-state index contributed by atoms with van der Waals surface area (Å²) in [5.41, 5.74) is -0.697. The van der Waals surface area contributed by atoms with Crippen LogP contribution >= 0.6 is 0 Å². The van der Waals surface area contributed by atoms with Gasteiger partial charge in [0.2, 0.25) is 0 Å². The monoisotopic (exact) mass is 196 g/mol. The quantitative estimate of drug-likeness (QED) is 0.453. The Morgan fingerprint density at radius 2 is 1.33 bits per heavy atom. The van der Waals surface area contributed by atoms with Crippen LogP contribution in [0.1, 0.15) is 13.8 Å². The number of carbonyl (C=O) groups is 2. The minimum absolute atomic E-state index is 0. The molecule has 5 heteroatoms. The van der Waals surface area contributed by atoms with E-state index in [0.29, 0.717) is 0 Å². The average molecular weight is 196 g/mol. The van der Waals surface area contributed by atoms with E-state index in [1.807, 2.05) is 0 Å². The molecule has 2 atom stereocenters. The van der Waals surface area contributed by atoms with Gasteiger partial charge in [0, 0.05) is 23.8 Å². The fourth-order valence-electron chi connectivity index (χ4n) is 1.52. The van der Waals surface area contributed by atoms with Crippen molar-refractivity contribution in [3.05, 3.63) is 0 Å². The minimum Gasteiger partial charge on any atom is -0.550 e. The van der Waals surface area contributed by atoms with Crippen LogP contribution in [0, 0.1) is 17.3 Å². The Kier molecular flexibility index (Phi) is 3.58. The van der Waals surface area contributed by atoms with Gasteiger partial charge in [-0.25, -0.2) is 0 Å². The molecule has 12 heavy (non-hydrogen) atoms. The predicted octanol–water partition coefficient (Wildman–Crippen LogP) is -2.62. The summed E-state index contributed by atoms with van der Waals surface area (Å²) in [7, 11) is 0. The van der Waals surface area contributed by atoms with Gasteiger partial charge < -0.3 is 19.8 Å². The van der Waals surface area contributed by atoms with E-state index in [2.05, 4.69) is 0 Å². The third-order valence-corrected chi connectivity index (χ3v) is 2.34. The maximum Gasteiger partial charge on any atom is 2.00 e. The smallest absolute Gasteiger partial charge is 0.550 e. The standard InChI is InChI=1S/C7H10O4.Ca/c1-7(2)3(5(8)9)4(7)6(10)11;/h3-4H,1-2H3,(H,8,9)(H,10,11);/q;+2/p-2. The molecular weight excluding hydrogens is 188 g/mol. The molecule has 0 aromatic heterocycles. The molecule has 1 saturated carbocycles. The zero-order chi connectivity index (χ0) is 8.81. The molecule has 0 aromatic rings. The summed E-state index contributed by atoms with van der Waals surface area (Å²) in [4.78, 5) is 20.6. The molecule has 1 rings (SSSR count). The Bertz CT molecular complexity index is 201. The van der Waals surface area contributed by atoms with Gasteiger partial charge in [-0.2, -0.15) is 0 Å². The van der Waals surface area contributed by atoms with Crippen molar-refractivity contribution in [2.75, 3.05) is 0 Å². The Morgan fingerprint density at radius 3 is 1.42 bits per heavy atom. The van der Waals surface area contributed by atoms with Crippen LogP contribution in [-0.2, 0) is 9.59 Å². The molecule has 0 spiro atoms. The van der Waals surface area contributed by atoms with Gasteiger partial charge >= 0.3 is 37.7 Å². The number of hydrogen-bond acceptors (Lipinski definition) is 4. The first kappa shape index (κ1) is 12.2. The molecular formula is C7H8CaO4. The minimum atomic E-state index is -1.30. The fraction of sp³-hybridized carbons (Fsp3) is 0.714. The first-order valence-electron chi connectivity index (χ1n) is 3.30. The number of carbonyl (C=O) groups excluding carboxylic acids is 2. The third-order valence-electron chi connectivity index (χ3n) is 2.34.